The van der Waals surface area contributed by atoms with Crippen LogP contribution in [0.4, 0.5) is 5.69 Å². The first kappa shape index (κ1) is 13.4. The fraction of sp³-hybridized carbons (Fsp3) is 0.188. The molecule has 102 valence electrons. The van der Waals surface area contributed by atoms with Gasteiger partial charge in [-0.3, -0.25) is 0 Å². The molecule has 1 aliphatic rings. The van der Waals surface area contributed by atoms with E-state index in [2.05, 4.69) is 34.5 Å². The summed E-state index contributed by atoms with van der Waals surface area (Å²) in [5.41, 5.74) is 3.76. The summed E-state index contributed by atoms with van der Waals surface area (Å²) in [7, 11) is 0. The summed E-state index contributed by atoms with van der Waals surface area (Å²) in [6.45, 7) is 1.67. The van der Waals surface area contributed by atoms with Crippen LogP contribution in [0.1, 0.15) is 11.1 Å². The lowest BCUT2D eigenvalue weighted by Gasteiger charge is -2.21. The number of fused-ring (bicyclic) bond motifs is 1. The SMILES string of the molecule is S=C(NCc1ccc(Cl)cc1)N1CCc2ccccc21. The van der Waals surface area contributed by atoms with Crippen molar-refractivity contribution in [3.05, 3.63) is 64.7 Å². The Bertz CT molecular complexity index is 625. The fourth-order valence-electron chi connectivity index (χ4n) is 2.42. The van der Waals surface area contributed by atoms with Gasteiger partial charge in [0.2, 0.25) is 0 Å². The highest BCUT2D eigenvalue weighted by molar-refractivity contribution is 7.80. The summed E-state index contributed by atoms with van der Waals surface area (Å²) in [5.74, 6) is 0. The molecule has 0 spiro atoms. The highest BCUT2D eigenvalue weighted by Crippen LogP contribution is 2.27. The van der Waals surface area contributed by atoms with Crippen molar-refractivity contribution in [2.24, 2.45) is 0 Å². The third-order valence-corrected chi connectivity index (χ3v) is 4.11. The van der Waals surface area contributed by atoms with Crippen LogP contribution in [0.5, 0.6) is 0 Å². The second-order valence-electron chi connectivity index (χ2n) is 4.82. The zero-order chi connectivity index (χ0) is 13.9. The molecule has 1 heterocycles. The molecule has 2 aromatic carbocycles. The third-order valence-electron chi connectivity index (χ3n) is 3.49. The van der Waals surface area contributed by atoms with Gasteiger partial charge in [-0.25, -0.2) is 0 Å². The predicted octanol–water partition coefficient (Wildman–Crippen LogP) is 3.78. The minimum atomic E-state index is 0.717. The van der Waals surface area contributed by atoms with Crippen LogP contribution in [0, 0.1) is 0 Å². The quantitative estimate of drug-likeness (QED) is 0.850. The van der Waals surface area contributed by atoms with E-state index in [1.165, 1.54) is 16.8 Å². The van der Waals surface area contributed by atoms with Gasteiger partial charge in [-0.05, 0) is 48.0 Å². The monoisotopic (exact) mass is 302 g/mol. The lowest BCUT2D eigenvalue weighted by atomic mass is 10.2. The molecule has 20 heavy (non-hydrogen) atoms. The lowest BCUT2D eigenvalue weighted by molar-refractivity contribution is 0.889. The van der Waals surface area contributed by atoms with Crippen molar-refractivity contribution >= 4 is 34.6 Å². The predicted molar refractivity (Wildman–Crippen MR) is 88.4 cm³/mol. The van der Waals surface area contributed by atoms with Crippen molar-refractivity contribution in [2.45, 2.75) is 13.0 Å². The molecule has 3 rings (SSSR count). The Hall–Kier alpha value is -1.58. The van der Waals surface area contributed by atoms with Crippen molar-refractivity contribution in [1.29, 1.82) is 0 Å². The number of nitrogens with zero attached hydrogens (tertiary/aromatic N) is 1. The number of thiocarbonyl (C=S) groups is 1. The summed E-state index contributed by atoms with van der Waals surface area (Å²) in [5, 5.41) is 4.85. The smallest absolute Gasteiger partial charge is 0.173 e. The van der Waals surface area contributed by atoms with E-state index in [1.807, 2.05) is 24.3 Å². The van der Waals surface area contributed by atoms with Crippen LogP contribution in [0.3, 0.4) is 0 Å². The van der Waals surface area contributed by atoms with Crippen molar-refractivity contribution in [3.8, 4) is 0 Å². The zero-order valence-electron chi connectivity index (χ0n) is 11.0. The minimum Gasteiger partial charge on any atom is -0.358 e. The number of anilines is 1. The molecule has 0 aliphatic carbocycles. The van der Waals surface area contributed by atoms with E-state index < -0.39 is 0 Å². The van der Waals surface area contributed by atoms with E-state index in [4.69, 9.17) is 23.8 Å². The van der Waals surface area contributed by atoms with Crippen molar-refractivity contribution in [1.82, 2.24) is 5.32 Å². The molecular weight excluding hydrogens is 288 g/mol. The average molecular weight is 303 g/mol. The molecule has 1 aliphatic heterocycles. The van der Waals surface area contributed by atoms with Gasteiger partial charge in [0.15, 0.2) is 5.11 Å². The number of rotatable bonds is 2. The van der Waals surface area contributed by atoms with Gasteiger partial charge in [-0.2, -0.15) is 0 Å². The highest BCUT2D eigenvalue weighted by Gasteiger charge is 2.21. The number of para-hydroxylation sites is 1. The van der Waals surface area contributed by atoms with Crippen LogP contribution in [-0.2, 0) is 13.0 Å². The van der Waals surface area contributed by atoms with E-state index in [-0.39, 0.29) is 0 Å². The van der Waals surface area contributed by atoms with Gasteiger partial charge in [0.05, 0.1) is 0 Å². The maximum atomic E-state index is 5.88. The number of hydrogen-bond donors (Lipinski definition) is 1. The molecular formula is C16H15ClN2S. The first-order valence-corrected chi connectivity index (χ1v) is 7.40. The molecule has 0 amide bonds. The molecule has 0 atom stereocenters. The van der Waals surface area contributed by atoms with E-state index in [0.29, 0.717) is 6.54 Å². The molecule has 0 bridgehead atoms. The Morgan fingerprint density at radius 3 is 2.70 bits per heavy atom. The summed E-state index contributed by atoms with van der Waals surface area (Å²) in [4.78, 5) is 2.17. The normalized spacial score (nSPS) is 13.2. The van der Waals surface area contributed by atoms with Crippen LogP contribution in [0.15, 0.2) is 48.5 Å². The van der Waals surface area contributed by atoms with Gasteiger partial charge in [0.1, 0.15) is 0 Å². The maximum absolute atomic E-state index is 5.88. The largest absolute Gasteiger partial charge is 0.358 e. The van der Waals surface area contributed by atoms with Crippen LogP contribution in [0.2, 0.25) is 5.02 Å². The summed E-state index contributed by atoms with van der Waals surface area (Å²) >= 11 is 11.4. The van der Waals surface area contributed by atoms with Crippen LogP contribution >= 0.6 is 23.8 Å². The molecule has 0 fully saturated rings. The number of halogens is 1. The van der Waals surface area contributed by atoms with Gasteiger partial charge in [0.25, 0.3) is 0 Å². The molecule has 1 N–H and O–H groups in total. The highest BCUT2D eigenvalue weighted by atomic mass is 35.5. The molecule has 0 saturated carbocycles. The number of hydrogen-bond acceptors (Lipinski definition) is 1. The second-order valence-corrected chi connectivity index (χ2v) is 5.64. The lowest BCUT2D eigenvalue weighted by Crippen LogP contribution is -2.38. The molecule has 0 unspecified atom stereocenters. The van der Waals surface area contributed by atoms with Crippen molar-refractivity contribution in [3.63, 3.8) is 0 Å². The Labute approximate surface area is 129 Å². The maximum Gasteiger partial charge on any atom is 0.173 e. The van der Waals surface area contributed by atoms with E-state index in [9.17, 15) is 0 Å². The Balaban J connectivity index is 1.65. The molecule has 2 aromatic rings. The van der Waals surface area contributed by atoms with E-state index in [1.54, 1.807) is 0 Å². The molecule has 0 saturated heterocycles. The Kier molecular flexibility index (Phi) is 3.90. The minimum absolute atomic E-state index is 0.717. The standard InChI is InChI=1S/C16H15ClN2S/c17-14-7-5-12(6-8-14)11-18-16(20)19-10-9-13-3-1-2-4-15(13)19/h1-8H,9-11H2,(H,18,20). The zero-order valence-corrected chi connectivity index (χ0v) is 12.5. The molecule has 0 aromatic heterocycles. The van der Waals surface area contributed by atoms with Gasteiger partial charge in [-0.15, -0.1) is 0 Å². The molecule has 2 nitrogen and oxygen atoms in total. The van der Waals surface area contributed by atoms with E-state index >= 15 is 0 Å². The topological polar surface area (TPSA) is 15.3 Å². The number of benzene rings is 2. The van der Waals surface area contributed by atoms with Crippen LogP contribution in [-0.4, -0.2) is 11.7 Å². The first-order valence-electron chi connectivity index (χ1n) is 6.62. The van der Waals surface area contributed by atoms with Gasteiger partial charge < -0.3 is 10.2 Å². The third kappa shape index (κ3) is 2.79. The number of nitrogens with one attached hydrogen (secondary N) is 1. The average Bonchev–Trinajstić information content (AvgIpc) is 2.90. The summed E-state index contributed by atoms with van der Waals surface area (Å²) in [6.07, 6.45) is 1.05. The van der Waals surface area contributed by atoms with Gasteiger partial charge >= 0.3 is 0 Å². The van der Waals surface area contributed by atoms with Gasteiger partial charge in [0, 0.05) is 23.8 Å². The second kappa shape index (κ2) is 5.81. The summed E-state index contributed by atoms with van der Waals surface area (Å²) in [6, 6.07) is 16.2. The van der Waals surface area contributed by atoms with Crippen molar-refractivity contribution in [2.75, 3.05) is 11.4 Å². The van der Waals surface area contributed by atoms with Crippen molar-refractivity contribution < 1.29 is 0 Å². The van der Waals surface area contributed by atoms with Crippen LogP contribution < -0.4 is 10.2 Å². The molecule has 0 radical (unpaired) electrons. The first-order chi connectivity index (χ1) is 9.74. The van der Waals surface area contributed by atoms with Gasteiger partial charge in [-0.1, -0.05) is 41.9 Å². The van der Waals surface area contributed by atoms with E-state index in [0.717, 1.165) is 23.1 Å². The van der Waals surface area contributed by atoms with Crippen LogP contribution in [0.25, 0.3) is 0 Å². The fourth-order valence-corrected chi connectivity index (χ4v) is 2.81. The Morgan fingerprint density at radius 1 is 1.15 bits per heavy atom. The summed E-state index contributed by atoms with van der Waals surface area (Å²) < 4.78 is 0. The molecule has 4 heteroatoms. The Morgan fingerprint density at radius 2 is 1.90 bits per heavy atom.